The minimum Gasteiger partial charge on any atom is -0.496 e. The third kappa shape index (κ3) is 3.29. The molecule has 4 aromatic rings. The van der Waals surface area contributed by atoms with Gasteiger partial charge in [-0.25, -0.2) is 0 Å². The molecule has 0 aliphatic heterocycles. The second-order valence-electron chi connectivity index (χ2n) is 5.80. The zero-order valence-corrected chi connectivity index (χ0v) is 16.4. The van der Waals surface area contributed by atoms with Crippen LogP contribution in [0.1, 0.15) is 10.6 Å². The SMILES string of the molecule is COc1ccccc1/C=C\c1nn2c(-c3ccc(OC)c(OC)c3)nnc2s1. The second-order valence-corrected chi connectivity index (χ2v) is 6.79. The molecule has 0 saturated heterocycles. The summed E-state index contributed by atoms with van der Waals surface area (Å²) in [5.74, 6) is 2.74. The van der Waals surface area contributed by atoms with Gasteiger partial charge in [0, 0.05) is 11.1 Å². The molecular weight excluding hydrogens is 376 g/mol. The summed E-state index contributed by atoms with van der Waals surface area (Å²) in [4.78, 5) is 0.712. The topological polar surface area (TPSA) is 70.8 Å². The van der Waals surface area contributed by atoms with Crippen LogP contribution in [0.15, 0.2) is 42.5 Å². The van der Waals surface area contributed by atoms with E-state index in [1.807, 2.05) is 54.6 Å². The van der Waals surface area contributed by atoms with E-state index in [2.05, 4.69) is 15.3 Å². The van der Waals surface area contributed by atoms with E-state index in [1.165, 1.54) is 11.3 Å². The number of ether oxygens (including phenoxy) is 3. The van der Waals surface area contributed by atoms with Gasteiger partial charge in [0.15, 0.2) is 17.3 Å². The van der Waals surface area contributed by atoms with Crippen LogP contribution < -0.4 is 14.2 Å². The Labute approximate surface area is 165 Å². The van der Waals surface area contributed by atoms with Crippen molar-refractivity contribution in [2.24, 2.45) is 0 Å². The van der Waals surface area contributed by atoms with Crippen LogP contribution in [-0.4, -0.2) is 41.1 Å². The van der Waals surface area contributed by atoms with Crippen LogP contribution in [0, 0.1) is 0 Å². The lowest BCUT2D eigenvalue weighted by atomic mass is 10.2. The molecule has 0 aliphatic rings. The van der Waals surface area contributed by atoms with Crippen molar-refractivity contribution in [1.29, 1.82) is 0 Å². The van der Waals surface area contributed by atoms with Gasteiger partial charge in [-0.3, -0.25) is 0 Å². The fourth-order valence-corrected chi connectivity index (χ4v) is 3.56. The lowest BCUT2D eigenvalue weighted by Gasteiger charge is -2.08. The van der Waals surface area contributed by atoms with Gasteiger partial charge in [0.1, 0.15) is 10.8 Å². The molecule has 2 aromatic carbocycles. The molecule has 0 amide bonds. The molecule has 0 atom stereocenters. The first kappa shape index (κ1) is 18.0. The van der Waals surface area contributed by atoms with Gasteiger partial charge in [0.05, 0.1) is 21.3 Å². The molecule has 2 aromatic heterocycles. The van der Waals surface area contributed by atoms with Crippen molar-refractivity contribution in [2.45, 2.75) is 0 Å². The second kappa shape index (κ2) is 7.69. The molecule has 0 bridgehead atoms. The number of benzene rings is 2. The molecule has 7 nitrogen and oxygen atoms in total. The Hall–Kier alpha value is -3.39. The maximum atomic E-state index is 5.38. The van der Waals surface area contributed by atoms with Crippen LogP contribution in [0.3, 0.4) is 0 Å². The third-order valence-corrected chi connectivity index (χ3v) is 5.06. The average molecular weight is 394 g/mol. The Bertz CT molecular complexity index is 1150. The molecular formula is C20H18N4O3S. The van der Waals surface area contributed by atoms with Gasteiger partial charge in [-0.1, -0.05) is 29.5 Å². The van der Waals surface area contributed by atoms with Crippen LogP contribution in [-0.2, 0) is 0 Å². The van der Waals surface area contributed by atoms with E-state index in [4.69, 9.17) is 14.2 Å². The summed E-state index contributed by atoms with van der Waals surface area (Å²) in [5.41, 5.74) is 1.83. The van der Waals surface area contributed by atoms with E-state index in [-0.39, 0.29) is 0 Å². The van der Waals surface area contributed by atoms with Gasteiger partial charge < -0.3 is 14.2 Å². The quantitative estimate of drug-likeness (QED) is 0.491. The summed E-state index contributed by atoms with van der Waals surface area (Å²) in [6, 6.07) is 13.4. The van der Waals surface area contributed by atoms with Crippen molar-refractivity contribution in [1.82, 2.24) is 19.8 Å². The molecule has 0 saturated carbocycles. The fourth-order valence-electron chi connectivity index (χ4n) is 2.82. The average Bonchev–Trinajstić information content (AvgIpc) is 3.32. The molecule has 8 heteroatoms. The first-order valence-electron chi connectivity index (χ1n) is 8.49. The van der Waals surface area contributed by atoms with E-state index < -0.39 is 0 Å². The van der Waals surface area contributed by atoms with Crippen LogP contribution in [0.25, 0.3) is 28.5 Å². The smallest absolute Gasteiger partial charge is 0.235 e. The van der Waals surface area contributed by atoms with Crippen molar-refractivity contribution >= 4 is 28.4 Å². The van der Waals surface area contributed by atoms with Crippen LogP contribution >= 0.6 is 11.3 Å². The summed E-state index contributed by atoms with van der Waals surface area (Å²) in [6.45, 7) is 0. The predicted octanol–water partition coefficient (Wildman–Crippen LogP) is 4.05. The highest BCUT2D eigenvalue weighted by Crippen LogP contribution is 2.32. The molecule has 0 N–H and O–H groups in total. The molecule has 0 spiro atoms. The number of hydrogen-bond acceptors (Lipinski definition) is 7. The Morgan fingerprint density at radius 1 is 0.857 bits per heavy atom. The van der Waals surface area contributed by atoms with Crippen molar-refractivity contribution in [3.8, 4) is 28.6 Å². The van der Waals surface area contributed by atoms with Crippen molar-refractivity contribution in [3.05, 3.63) is 53.0 Å². The highest BCUT2D eigenvalue weighted by molar-refractivity contribution is 7.17. The minimum absolute atomic E-state index is 0.628. The summed E-state index contributed by atoms with van der Waals surface area (Å²) < 4.78 is 17.8. The summed E-state index contributed by atoms with van der Waals surface area (Å²) in [7, 11) is 4.86. The normalized spacial score (nSPS) is 11.2. The molecule has 0 radical (unpaired) electrons. The molecule has 28 heavy (non-hydrogen) atoms. The Morgan fingerprint density at radius 3 is 2.43 bits per heavy atom. The number of hydrogen-bond donors (Lipinski definition) is 0. The van der Waals surface area contributed by atoms with Crippen molar-refractivity contribution in [3.63, 3.8) is 0 Å². The van der Waals surface area contributed by atoms with Gasteiger partial charge in [0.25, 0.3) is 0 Å². The van der Waals surface area contributed by atoms with Crippen LogP contribution in [0.2, 0.25) is 0 Å². The van der Waals surface area contributed by atoms with E-state index >= 15 is 0 Å². The van der Waals surface area contributed by atoms with Crippen LogP contribution in [0.5, 0.6) is 17.2 Å². The van der Waals surface area contributed by atoms with Crippen molar-refractivity contribution < 1.29 is 14.2 Å². The van der Waals surface area contributed by atoms with E-state index in [0.717, 1.165) is 21.9 Å². The summed E-state index contributed by atoms with van der Waals surface area (Å²) in [5, 5.41) is 13.9. The Balaban J connectivity index is 1.68. The zero-order valence-electron chi connectivity index (χ0n) is 15.6. The maximum absolute atomic E-state index is 5.38. The van der Waals surface area contributed by atoms with Gasteiger partial charge in [-0.05, 0) is 36.4 Å². The van der Waals surface area contributed by atoms with Gasteiger partial charge >= 0.3 is 0 Å². The first-order chi connectivity index (χ1) is 13.7. The fraction of sp³-hybridized carbons (Fsp3) is 0.150. The minimum atomic E-state index is 0.628. The van der Waals surface area contributed by atoms with E-state index in [9.17, 15) is 0 Å². The third-order valence-electron chi connectivity index (χ3n) is 4.19. The molecule has 0 aliphatic carbocycles. The van der Waals surface area contributed by atoms with E-state index in [1.54, 1.807) is 25.8 Å². The van der Waals surface area contributed by atoms with Gasteiger partial charge in [-0.15, -0.1) is 10.2 Å². The molecule has 0 unspecified atom stereocenters. The van der Waals surface area contributed by atoms with Gasteiger partial charge in [0.2, 0.25) is 4.96 Å². The largest absolute Gasteiger partial charge is 0.496 e. The zero-order chi connectivity index (χ0) is 19.5. The predicted molar refractivity (Wildman–Crippen MR) is 109 cm³/mol. The number of aromatic nitrogens is 4. The number of nitrogens with zero attached hydrogens (tertiary/aromatic N) is 4. The summed E-state index contributed by atoms with van der Waals surface area (Å²) >= 11 is 1.46. The lowest BCUT2D eigenvalue weighted by molar-refractivity contribution is 0.355. The maximum Gasteiger partial charge on any atom is 0.235 e. The number of para-hydroxylation sites is 1. The first-order valence-corrected chi connectivity index (χ1v) is 9.31. The van der Waals surface area contributed by atoms with Gasteiger partial charge in [-0.2, -0.15) is 9.61 Å². The highest BCUT2D eigenvalue weighted by Gasteiger charge is 2.15. The number of fused-ring (bicyclic) bond motifs is 1. The molecule has 142 valence electrons. The Morgan fingerprint density at radius 2 is 1.64 bits per heavy atom. The summed E-state index contributed by atoms with van der Waals surface area (Å²) in [6.07, 6.45) is 3.91. The van der Waals surface area contributed by atoms with Crippen molar-refractivity contribution in [2.75, 3.05) is 21.3 Å². The Kier molecular flexibility index (Phi) is 4.94. The molecule has 2 heterocycles. The molecule has 0 fully saturated rings. The number of methoxy groups -OCH3 is 3. The standard InChI is InChI=1S/C20H18N4O3S/c1-25-15-7-5-4-6-13(15)9-11-18-23-24-19(21-22-20(24)28-18)14-8-10-16(26-2)17(12-14)27-3/h4-12H,1-3H3/b11-9-. The highest BCUT2D eigenvalue weighted by atomic mass is 32.1. The number of rotatable bonds is 6. The van der Waals surface area contributed by atoms with E-state index in [0.29, 0.717) is 22.3 Å². The lowest BCUT2D eigenvalue weighted by Crippen LogP contribution is -1.94. The van der Waals surface area contributed by atoms with Crippen LogP contribution in [0.4, 0.5) is 0 Å². The molecule has 4 rings (SSSR count). The monoisotopic (exact) mass is 394 g/mol.